The first-order valence-electron chi connectivity index (χ1n) is 33.1. The van der Waals surface area contributed by atoms with E-state index in [1.54, 1.807) is 0 Å². The largest absolute Gasteiger partial charge is 0.462 e. The number of carbonyl (C=O) groups excluding carboxylic acids is 3. The van der Waals surface area contributed by atoms with Crippen molar-refractivity contribution in [2.24, 2.45) is 0 Å². The lowest BCUT2D eigenvalue weighted by Gasteiger charge is -2.18. The molecule has 0 amide bonds. The quantitative estimate of drug-likeness (QED) is 0.0261. The van der Waals surface area contributed by atoms with Crippen molar-refractivity contribution in [1.29, 1.82) is 0 Å². The van der Waals surface area contributed by atoms with Gasteiger partial charge in [0.2, 0.25) is 0 Å². The molecule has 1 atom stereocenters. The van der Waals surface area contributed by atoms with Gasteiger partial charge < -0.3 is 14.2 Å². The second-order valence-corrected chi connectivity index (χ2v) is 22.4. The molecule has 0 heterocycles. The number of unbranched alkanes of at least 4 members (excludes halogenated alkanes) is 42. The van der Waals surface area contributed by atoms with Crippen molar-refractivity contribution in [3.05, 3.63) is 48.6 Å². The fourth-order valence-electron chi connectivity index (χ4n) is 9.80. The Bertz CT molecular complexity index is 1300. The van der Waals surface area contributed by atoms with E-state index in [2.05, 4.69) is 69.4 Å². The SMILES string of the molecule is CCCCCCC/C=C\C/C=C\CCCCCCCCCCCCCCCCCCCC(=O)OCC(COC(=O)CCCCCCC)OC(=O)CCCCCCCCCCCCC/C=C\C/C=C\CCCCCCC. The Morgan fingerprint density at radius 2 is 0.480 bits per heavy atom. The molecule has 0 aliphatic heterocycles. The van der Waals surface area contributed by atoms with Crippen molar-refractivity contribution in [2.45, 2.75) is 361 Å². The van der Waals surface area contributed by atoms with Crippen LogP contribution in [0.15, 0.2) is 48.6 Å². The summed E-state index contributed by atoms with van der Waals surface area (Å²) >= 11 is 0. The number of esters is 3. The van der Waals surface area contributed by atoms with Crippen molar-refractivity contribution in [3.8, 4) is 0 Å². The average molecular weight is 1050 g/mol. The summed E-state index contributed by atoms with van der Waals surface area (Å²) in [4.78, 5) is 37.9. The van der Waals surface area contributed by atoms with Crippen molar-refractivity contribution in [1.82, 2.24) is 0 Å². The monoisotopic (exact) mass is 1050 g/mol. The molecule has 0 N–H and O–H groups in total. The van der Waals surface area contributed by atoms with Crippen LogP contribution in [0.3, 0.4) is 0 Å². The fourth-order valence-corrected chi connectivity index (χ4v) is 9.80. The summed E-state index contributed by atoms with van der Waals surface area (Å²) in [5.74, 6) is -0.868. The van der Waals surface area contributed by atoms with Crippen LogP contribution in [0.4, 0.5) is 0 Å². The van der Waals surface area contributed by atoms with E-state index in [0.29, 0.717) is 19.3 Å². The van der Waals surface area contributed by atoms with Crippen LogP contribution in [-0.2, 0) is 28.6 Å². The topological polar surface area (TPSA) is 78.9 Å². The third-order valence-electron chi connectivity index (χ3n) is 14.8. The lowest BCUT2D eigenvalue weighted by molar-refractivity contribution is -0.167. The lowest BCUT2D eigenvalue weighted by Crippen LogP contribution is -2.30. The molecule has 1 unspecified atom stereocenters. The minimum Gasteiger partial charge on any atom is -0.462 e. The highest BCUT2D eigenvalue weighted by Crippen LogP contribution is 2.17. The van der Waals surface area contributed by atoms with Gasteiger partial charge in [0.1, 0.15) is 13.2 Å². The summed E-state index contributed by atoms with van der Waals surface area (Å²) in [6.45, 7) is 6.58. The summed E-state index contributed by atoms with van der Waals surface area (Å²) in [7, 11) is 0. The van der Waals surface area contributed by atoms with Crippen LogP contribution in [0.5, 0.6) is 0 Å². The van der Waals surface area contributed by atoms with Gasteiger partial charge in [0.25, 0.3) is 0 Å². The molecule has 0 aliphatic rings. The van der Waals surface area contributed by atoms with Crippen molar-refractivity contribution < 1.29 is 28.6 Å². The van der Waals surface area contributed by atoms with Gasteiger partial charge in [-0.1, -0.05) is 301 Å². The number of allylic oxidation sites excluding steroid dienone is 8. The van der Waals surface area contributed by atoms with Gasteiger partial charge in [-0.2, -0.15) is 0 Å². The summed E-state index contributed by atoms with van der Waals surface area (Å²) < 4.78 is 16.8. The highest BCUT2D eigenvalue weighted by atomic mass is 16.6. The van der Waals surface area contributed by atoms with Gasteiger partial charge in [0, 0.05) is 19.3 Å². The Morgan fingerprint density at radius 3 is 0.733 bits per heavy atom. The number of rotatable bonds is 61. The first-order valence-corrected chi connectivity index (χ1v) is 33.1. The van der Waals surface area contributed by atoms with Gasteiger partial charge in [-0.05, 0) is 83.5 Å². The van der Waals surface area contributed by atoms with Crippen molar-refractivity contribution in [3.63, 3.8) is 0 Å². The van der Waals surface area contributed by atoms with Crippen molar-refractivity contribution >= 4 is 17.9 Å². The van der Waals surface area contributed by atoms with Gasteiger partial charge >= 0.3 is 17.9 Å². The molecule has 0 saturated heterocycles. The molecule has 6 heteroatoms. The number of ether oxygens (including phenoxy) is 3. The Hall–Kier alpha value is -2.63. The minimum atomic E-state index is -0.769. The molecule has 0 aromatic carbocycles. The van der Waals surface area contributed by atoms with Crippen LogP contribution < -0.4 is 0 Å². The Kier molecular flexibility index (Phi) is 61.7. The molecule has 0 radical (unpaired) electrons. The standard InChI is InChI=1S/C69H126O6/c1-4-7-10-13-15-17-19-21-23-25-27-29-31-32-33-34-35-36-38-39-41-43-45-47-49-51-53-56-59-62-68(71)74-65-66(64-73-67(70)61-58-55-12-9-6-3)75-69(72)63-60-57-54-52-50-48-46-44-42-40-37-30-28-26-24-22-20-18-16-14-11-8-5-2/h19-22,25-28,66H,4-18,23-24,29-65H2,1-3H3/b21-19-,22-20-,27-25-,28-26-. The molecule has 0 fully saturated rings. The number of hydrogen-bond acceptors (Lipinski definition) is 6. The van der Waals surface area contributed by atoms with E-state index in [9.17, 15) is 14.4 Å². The molecular weight excluding hydrogens is 925 g/mol. The summed E-state index contributed by atoms with van der Waals surface area (Å²) in [5, 5.41) is 0. The molecule has 75 heavy (non-hydrogen) atoms. The summed E-state index contributed by atoms with van der Waals surface area (Å²) in [6, 6.07) is 0. The maximum absolute atomic E-state index is 12.8. The molecule has 0 bridgehead atoms. The summed E-state index contributed by atoms with van der Waals surface area (Å²) in [5.41, 5.74) is 0. The maximum atomic E-state index is 12.8. The normalized spacial score (nSPS) is 12.3. The molecule has 0 spiro atoms. The number of carbonyl (C=O) groups is 3. The smallest absolute Gasteiger partial charge is 0.306 e. The van der Waals surface area contributed by atoms with Gasteiger partial charge in [-0.3, -0.25) is 14.4 Å². The van der Waals surface area contributed by atoms with E-state index in [1.165, 1.54) is 238 Å². The minimum absolute atomic E-state index is 0.0705. The highest BCUT2D eigenvalue weighted by molar-refractivity contribution is 5.71. The van der Waals surface area contributed by atoms with Crippen LogP contribution in [0.1, 0.15) is 355 Å². The first kappa shape index (κ1) is 72.4. The van der Waals surface area contributed by atoms with Gasteiger partial charge in [-0.25, -0.2) is 0 Å². The fraction of sp³-hybridized carbons (Fsp3) is 0.841. The van der Waals surface area contributed by atoms with Crippen molar-refractivity contribution in [2.75, 3.05) is 13.2 Å². The Balaban J connectivity index is 3.97. The Morgan fingerprint density at radius 1 is 0.267 bits per heavy atom. The van der Waals surface area contributed by atoms with E-state index in [-0.39, 0.29) is 31.1 Å². The molecule has 0 aliphatic carbocycles. The zero-order valence-corrected chi connectivity index (χ0v) is 50.3. The van der Waals surface area contributed by atoms with Crippen LogP contribution in [0.2, 0.25) is 0 Å². The van der Waals surface area contributed by atoms with E-state index in [0.717, 1.165) is 77.0 Å². The third-order valence-corrected chi connectivity index (χ3v) is 14.8. The first-order chi connectivity index (χ1) is 37.0. The Labute approximate surface area is 467 Å². The predicted octanol–water partition coefficient (Wildman–Crippen LogP) is 22.6. The van der Waals surface area contributed by atoms with Crippen LogP contribution >= 0.6 is 0 Å². The molecular formula is C69H126O6. The van der Waals surface area contributed by atoms with E-state index >= 15 is 0 Å². The van der Waals surface area contributed by atoms with Crippen LogP contribution in [0.25, 0.3) is 0 Å². The third kappa shape index (κ3) is 62.1. The molecule has 0 aromatic heterocycles. The van der Waals surface area contributed by atoms with Gasteiger partial charge in [0.15, 0.2) is 6.10 Å². The van der Waals surface area contributed by atoms with Gasteiger partial charge in [0.05, 0.1) is 0 Å². The van der Waals surface area contributed by atoms with E-state index in [4.69, 9.17) is 14.2 Å². The lowest BCUT2D eigenvalue weighted by atomic mass is 10.0. The second-order valence-electron chi connectivity index (χ2n) is 22.4. The second kappa shape index (κ2) is 63.9. The molecule has 438 valence electrons. The molecule has 6 nitrogen and oxygen atoms in total. The summed E-state index contributed by atoms with van der Waals surface area (Å²) in [6.07, 6.45) is 80.4. The highest BCUT2D eigenvalue weighted by Gasteiger charge is 2.19. The van der Waals surface area contributed by atoms with E-state index in [1.807, 2.05) is 0 Å². The molecule has 0 aromatic rings. The zero-order valence-electron chi connectivity index (χ0n) is 50.3. The van der Waals surface area contributed by atoms with Crippen LogP contribution in [0, 0.1) is 0 Å². The zero-order chi connectivity index (χ0) is 54.3. The van der Waals surface area contributed by atoms with Gasteiger partial charge in [-0.15, -0.1) is 0 Å². The van der Waals surface area contributed by atoms with E-state index < -0.39 is 6.10 Å². The average Bonchev–Trinajstić information content (AvgIpc) is 3.41. The molecule has 0 rings (SSSR count). The maximum Gasteiger partial charge on any atom is 0.306 e. The van der Waals surface area contributed by atoms with Crippen LogP contribution in [-0.4, -0.2) is 37.2 Å². The predicted molar refractivity (Wildman–Crippen MR) is 325 cm³/mol. The number of hydrogen-bond donors (Lipinski definition) is 0. The molecule has 0 saturated carbocycles.